The van der Waals surface area contributed by atoms with Crippen molar-refractivity contribution < 1.29 is 4.74 Å². The number of anilines is 1. The lowest BCUT2D eigenvalue weighted by Gasteiger charge is -2.02. The molecule has 19 heavy (non-hydrogen) atoms. The fourth-order valence-corrected chi connectivity index (χ4v) is 2.75. The number of amidine groups is 1. The first-order chi connectivity index (χ1) is 9.35. The summed E-state index contributed by atoms with van der Waals surface area (Å²) in [7, 11) is 1.67. The molecule has 0 radical (unpaired) electrons. The molecule has 2 heterocycles. The van der Waals surface area contributed by atoms with Crippen molar-refractivity contribution in [3.8, 4) is 17.0 Å². The van der Waals surface area contributed by atoms with Crippen molar-refractivity contribution >= 4 is 22.3 Å². The van der Waals surface area contributed by atoms with Crippen molar-refractivity contribution in [2.75, 3.05) is 19.0 Å². The van der Waals surface area contributed by atoms with Crippen LogP contribution >= 0.6 is 11.3 Å². The Labute approximate surface area is 116 Å². The van der Waals surface area contributed by atoms with Gasteiger partial charge in [0.15, 0.2) is 5.13 Å². The molecular weight excluding hydrogens is 258 g/mol. The monoisotopic (exact) mass is 273 g/mol. The van der Waals surface area contributed by atoms with Crippen LogP contribution in [-0.2, 0) is 0 Å². The molecule has 1 aliphatic heterocycles. The lowest BCUT2D eigenvalue weighted by Crippen LogP contribution is -2.07. The van der Waals surface area contributed by atoms with E-state index in [-0.39, 0.29) is 0 Å². The van der Waals surface area contributed by atoms with E-state index in [1.807, 2.05) is 29.6 Å². The first-order valence-corrected chi connectivity index (χ1v) is 7.13. The van der Waals surface area contributed by atoms with Crippen LogP contribution in [0.1, 0.15) is 12.8 Å². The van der Waals surface area contributed by atoms with Gasteiger partial charge >= 0.3 is 0 Å². The summed E-state index contributed by atoms with van der Waals surface area (Å²) in [5.41, 5.74) is 2.03. The van der Waals surface area contributed by atoms with Gasteiger partial charge in [-0.25, -0.2) is 4.98 Å². The highest BCUT2D eigenvalue weighted by Crippen LogP contribution is 2.27. The predicted molar refractivity (Wildman–Crippen MR) is 79.3 cm³/mol. The molecule has 0 spiro atoms. The van der Waals surface area contributed by atoms with Gasteiger partial charge in [-0.15, -0.1) is 11.3 Å². The summed E-state index contributed by atoms with van der Waals surface area (Å²) < 4.78 is 5.23. The minimum atomic E-state index is 0.847. The molecule has 0 atom stereocenters. The van der Waals surface area contributed by atoms with Crippen molar-refractivity contribution in [1.29, 1.82) is 0 Å². The van der Waals surface area contributed by atoms with Crippen LogP contribution in [-0.4, -0.2) is 24.5 Å². The largest absolute Gasteiger partial charge is 0.497 e. The number of benzene rings is 1. The first-order valence-electron chi connectivity index (χ1n) is 6.25. The lowest BCUT2D eigenvalue weighted by molar-refractivity contribution is 0.415. The van der Waals surface area contributed by atoms with Gasteiger partial charge in [-0.3, -0.25) is 4.99 Å². The van der Waals surface area contributed by atoms with E-state index in [9.17, 15) is 0 Å². The second kappa shape index (κ2) is 5.40. The van der Waals surface area contributed by atoms with Crippen LogP contribution in [0.2, 0.25) is 0 Å². The van der Waals surface area contributed by atoms with E-state index in [1.165, 1.54) is 0 Å². The second-order valence-corrected chi connectivity index (χ2v) is 5.18. The number of thiazole rings is 1. The lowest BCUT2D eigenvalue weighted by atomic mass is 10.2. The summed E-state index contributed by atoms with van der Waals surface area (Å²) in [5, 5.41) is 6.24. The van der Waals surface area contributed by atoms with E-state index in [0.29, 0.717) is 0 Å². The van der Waals surface area contributed by atoms with E-state index in [2.05, 4.69) is 15.3 Å². The van der Waals surface area contributed by atoms with Gasteiger partial charge in [-0.2, -0.15) is 0 Å². The molecule has 0 unspecified atom stereocenters. The molecule has 0 bridgehead atoms. The molecule has 0 amide bonds. The zero-order chi connectivity index (χ0) is 13.1. The molecule has 4 nitrogen and oxygen atoms in total. The third-order valence-corrected chi connectivity index (χ3v) is 3.75. The first kappa shape index (κ1) is 12.2. The molecule has 0 saturated heterocycles. The normalized spacial score (nSPS) is 14.3. The summed E-state index contributed by atoms with van der Waals surface area (Å²) in [6, 6.07) is 7.93. The highest BCUT2D eigenvalue weighted by Gasteiger charge is 2.10. The smallest absolute Gasteiger partial charge is 0.188 e. The van der Waals surface area contributed by atoms with Gasteiger partial charge in [0.2, 0.25) is 0 Å². The minimum absolute atomic E-state index is 0.847. The minimum Gasteiger partial charge on any atom is -0.497 e. The average Bonchev–Trinajstić information content (AvgIpc) is 3.11. The zero-order valence-electron chi connectivity index (χ0n) is 10.7. The van der Waals surface area contributed by atoms with Crippen LogP contribution in [0.25, 0.3) is 11.3 Å². The third-order valence-electron chi connectivity index (χ3n) is 3.00. The fraction of sp³-hybridized carbons (Fsp3) is 0.286. The van der Waals surface area contributed by atoms with Crippen molar-refractivity contribution in [1.82, 2.24) is 4.98 Å². The Morgan fingerprint density at radius 2 is 2.32 bits per heavy atom. The van der Waals surface area contributed by atoms with Crippen molar-refractivity contribution in [2.24, 2.45) is 4.99 Å². The summed E-state index contributed by atoms with van der Waals surface area (Å²) in [4.78, 5) is 8.98. The Bertz CT molecular complexity index is 606. The van der Waals surface area contributed by atoms with Crippen molar-refractivity contribution in [3.05, 3.63) is 29.6 Å². The molecule has 2 aromatic rings. The third kappa shape index (κ3) is 2.76. The molecule has 3 rings (SSSR count). The van der Waals surface area contributed by atoms with Crippen LogP contribution < -0.4 is 10.1 Å². The quantitative estimate of drug-likeness (QED) is 0.932. The molecule has 0 saturated carbocycles. The molecule has 1 N–H and O–H groups in total. The maximum absolute atomic E-state index is 5.23. The molecule has 98 valence electrons. The van der Waals surface area contributed by atoms with E-state index < -0.39 is 0 Å². The van der Waals surface area contributed by atoms with Gasteiger partial charge in [-0.1, -0.05) is 12.1 Å². The van der Waals surface area contributed by atoms with Gasteiger partial charge < -0.3 is 10.1 Å². The summed E-state index contributed by atoms with van der Waals surface area (Å²) >= 11 is 1.60. The molecule has 5 heteroatoms. The number of nitrogens with zero attached hydrogens (tertiary/aromatic N) is 2. The van der Waals surface area contributed by atoms with Crippen LogP contribution in [0.5, 0.6) is 5.75 Å². The molecular formula is C14H15N3OS. The number of hydrogen-bond donors (Lipinski definition) is 1. The Morgan fingerprint density at radius 3 is 3.11 bits per heavy atom. The Hall–Kier alpha value is -1.88. The SMILES string of the molecule is COc1cccc(-c2csc(NC3=NCCC3)n2)c1. The van der Waals surface area contributed by atoms with Crippen molar-refractivity contribution in [3.63, 3.8) is 0 Å². The topological polar surface area (TPSA) is 46.5 Å². The average molecular weight is 273 g/mol. The maximum Gasteiger partial charge on any atom is 0.188 e. The van der Waals surface area contributed by atoms with Gasteiger partial charge in [0.05, 0.1) is 12.8 Å². The van der Waals surface area contributed by atoms with Crippen LogP contribution in [0.3, 0.4) is 0 Å². The molecule has 1 aliphatic rings. The summed E-state index contributed by atoms with van der Waals surface area (Å²) in [6.07, 6.45) is 2.16. The summed E-state index contributed by atoms with van der Waals surface area (Å²) in [5.74, 6) is 1.90. The number of aliphatic imine (C=N–C) groups is 1. The molecule has 0 aliphatic carbocycles. The predicted octanol–water partition coefficient (Wildman–Crippen LogP) is 3.42. The highest BCUT2D eigenvalue weighted by molar-refractivity contribution is 7.14. The fourth-order valence-electron chi connectivity index (χ4n) is 2.01. The number of methoxy groups -OCH3 is 1. The number of nitrogens with one attached hydrogen (secondary N) is 1. The molecule has 0 fully saturated rings. The standard InChI is InChI=1S/C14H15N3OS/c1-18-11-5-2-4-10(8-11)12-9-19-14(16-12)17-13-6-3-7-15-13/h2,4-5,8-9H,3,6-7H2,1H3,(H,15,16,17). The van der Waals surface area contributed by atoms with E-state index >= 15 is 0 Å². The summed E-state index contributed by atoms with van der Waals surface area (Å²) in [6.45, 7) is 0.927. The Balaban J connectivity index is 1.79. The van der Waals surface area contributed by atoms with Crippen LogP contribution in [0.15, 0.2) is 34.6 Å². The van der Waals surface area contributed by atoms with E-state index in [0.717, 1.165) is 47.4 Å². The second-order valence-electron chi connectivity index (χ2n) is 4.33. The van der Waals surface area contributed by atoms with Gasteiger partial charge in [-0.05, 0) is 18.6 Å². The zero-order valence-corrected chi connectivity index (χ0v) is 11.5. The number of aromatic nitrogens is 1. The van der Waals surface area contributed by atoms with Crippen LogP contribution in [0.4, 0.5) is 5.13 Å². The molecule has 1 aromatic carbocycles. The van der Waals surface area contributed by atoms with Gasteiger partial charge in [0.25, 0.3) is 0 Å². The number of hydrogen-bond acceptors (Lipinski definition) is 5. The molecule has 1 aromatic heterocycles. The van der Waals surface area contributed by atoms with Gasteiger partial charge in [0, 0.05) is 23.9 Å². The highest BCUT2D eigenvalue weighted by atomic mass is 32.1. The number of rotatable bonds is 3. The maximum atomic E-state index is 5.23. The van der Waals surface area contributed by atoms with E-state index in [1.54, 1.807) is 18.4 Å². The van der Waals surface area contributed by atoms with Crippen molar-refractivity contribution in [2.45, 2.75) is 12.8 Å². The number of ether oxygens (including phenoxy) is 1. The van der Waals surface area contributed by atoms with E-state index in [4.69, 9.17) is 4.74 Å². The Morgan fingerprint density at radius 1 is 1.37 bits per heavy atom. The van der Waals surface area contributed by atoms with Gasteiger partial charge in [0.1, 0.15) is 11.6 Å². The van der Waals surface area contributed by atoms with Crippen LogP contribution in [0, 0.1) is 0 Å². The Kier molecular flexibility index (Phi) is 3.46.